The average Bonchev–Trinajstić information content (AvgIpc) is 3.03. The first kappa shape index (κ1) is 12.8. The van der Waals surface area contributed by atoms with Crippen LogP contribution in [0.1, 0.15) is 5.56 Å². The minimum atomic E-state index is -1.00. The van der Waals surface area contributed by atoms with Gasteiger partial charge in [-0.15, -0.1) is 0 Å². The van der Waals surface area contributed by atoms with Gasteiger partial charge in [-0.3, -0.25) is 4.21 Å². The van der Waals surface area contributed by atoms with Crippen LogP contribution in [-0.2, 0) is 16.6 Å². The number of aromatic nitrogens is 2. The third-order valence-electron chi connectivity index (χ3n) is 3.01. The predicted octanol–water partition coefficient (Wildman–Crippen LogP) is 3.18. The maximum Gasteiger partial charge on any atom is 0.0645 e. The molecule has 3 rings (SSSR count). The van der Waals surface area contributed by atoms with Crippen molar-refractivity contribution in [3.05, 3.63) is 78.6 Å². The van der Waals surface area contributed by atoms with Crippen LogP contribution in [0.15, 0.2) is 78.0 Å². The predicted molar refractivity (Wildman–Crippen MR) is 80.1 cm³/mol. The van der Waals surface area contributed by atoms with Crippen LogP contribution in [0.2, 0.25) is 0 Å². The minimum Gasteiger partial charge on any atom is -0.254 e. The van der Waals surface area contributed by atoms with E-state index >= 15 is 0 Å². The molecule has 0 amide bonds. The lowest BCUT2D eigenvalue weighted by molar-refractivity contribution is 0.682. The van der Waals surface area contributed by atoms with Crippen LogP contribution in [0.25, 0.3) is 5.69 Å². The highest BCUT2D eigenvalue weighted by Crippen LogP contribution is 2.14. The van der Waals surface area contributed by atoms with Crippen molar-refractivity contribution in [2.24, 2.45) is 0 Å². The van der Waals surface area contributed by atoms with E-state index in [-0.39, 0.29) is 0 Å². The Morgan fingerprint density at radius 3 is 2.35 bits per heavy atom. The van der Waals surface area contributed by atoms with Gasteiger partial charge in [-0.25, -0.2) is 4.68 Å². The SMILES string of the molecule is O=S(Cc1ccc(-n2cccn2)cc1)c1ccccc1. The van der Waals surface area contributed by atoms with Crippen LogP contribution in [-0.4, -0.2) is 14.0 Å². The summed E-state index contributed by atoms with van der Waals surface area (Å²) in [6, 6.07) is 19.4. The van der Waals surface area contributed by atoms with Crippen LogP contribution in [0.4, 0.5) is 0 Å². The number of benzene rings is 2. The molecule has 0 saturated heterocycles. The van der Waals surface area contributed by atoms with Gasteiger partial charge in [0.15, 0.2) is 0 Å². The lowest BCUT2D eigenvalue weighted by Gasteiger charge is -2.05. The van der Waals surface area contributed by atoms with Crippen molar-refractivity contribution in [1.29, 1.82) is 0 Å². The highest BCUT2D eigenvalue weighted by atomic mass is 32.2. The molecule has 1 aromatic heterocycles. The average molecular weight is 282 g/mol. The second kappa shape index (κ2) is 5.84. The Morgan fingerprint density at radius 2 is 1.70 bits per heavy atom. The maximum atomic E-state index is 12.2. The lowest BCUT2D eigenvalue weighted by atomic mass is 10.2. The number of rotatable bonds is 4. The standard InChI is InChI=1S/C16H14N2OS/c19-20(16-5-2-1-3-6-16)13-14-7-9-15(10-8-14)18-12-4-11-17-18/h1-12H,13H2. The molecular formula is C16H14N2OS. The van der Waals surface area contributed by atoms with Crippen molar-refractivity contribution >= 4 is 10.8 Å². The van der Waals surface area contributed by atoms with Gasteiger partial charge in [0.25, 0.3) is 0 Å². The normalized spacial score (nSPS) is 12.2. The van der Waals surface area contributed by atoms with Crippen molar-refractivity contribution < 1.29 is 4.21 Å². The van der Waals surface area contributed by atoms with Gasteiger partial charge in [0.1, 0.15) is 0 Å². The van der Waals surface area contributed by atoms with E-state index in [1.54, 1.807) is 10.9 Å². The Balaban J connectivity index is 1.74. The monoisotopic (exact) mass is 282 g/mol. The molecular weight excluding hydrogens is 268 g/mol. The van der Waals surface area contributed by atoms with Crippen LogP contribution < -0.4 is 0 Å². The van der Waals surface area contributed by atoms with E-state index in [0.717, 1.165) is 16.1 Å². The van der Waals surface area contributed by atoms with Gasteiger partial charge in [0, 0.05) is 17.3 Å². The van der Waals surface area contributed by atoms with Gasteiger partial charge < -0.3 is 0 Å². The number of hydrogen-bond acceptors (Lipinski definition) is 2. The molecule has 0 aliphatic heterocycles. The number of hydrogen-bond donors (Lipinski definition) is 0. The Kier molecular flexibility index (Phi) is 3.74. The quantitative estimate of drug-likeness (QED) is 0.736. The Hall–Kier alpha value is -2.20. The molecule has 0 bridgehead atoms. The molecule has 1 unspecified atom stereocenters. The highest BCUT2D eigenvalue weighted by molar-refractivity contribution is 7.84. The van der Waals surface area contributed by atoms with Crippen LogP contribution in [0.3, 0.4) is 0 Å². The second-order valence-corrected chi connectivity index (χ2v) is 5.87. The summed E-state index contributed by atoms with van der Waals surface area (Å²) < 4.78 is 14.0. The molecule has 100 valence electrons. The fraction of sp³-hybridized carbons (Fsp3) is 0.0625. The molecule has 4 heteroatoms. The summed E-state index contributed by atoms with van der Waals surface area (Å²) in [4.78, 5) is 0.864. The first-order valence-electron chi connectivity index (χ1n) is 6.35. The summed E-state index contributed by atoms with van der Waals surface area (Å²) in [6.07, 6.45) is 3.65. The van der Waals surface area contributed by atoms with Crippen molar-refractivity contribution in [2.75, 3.05) is 0 Å². The van der Waals surface area contributed by atoms with E-state index < -0.39 is 10.8 Å². The molecule has 1 heterocycles. The summed E-state index contributed by atoms with van der Waals surface area (Å²) in [6.45, 7) is 0. The lowest BCUT2D eigenvalue weighted by Crippen LogP contribution is -1.98. The van der Waals surface area contributed by atoms with Gasteiger partial charge in [-0.05, 0) is 35.9 Å². The molecule has 0 aliphatic carbocycles. The van der Waals surface area contributed by atoms with Crippen molar-refractivity contribution in [3.63, 3.8) is 0 Å². The van der Waals surface area contributed by atoms with Crippen molar-refractivity contribution in [2.45, 2.75) is 10.6 Å². The van der Waals surface area contributed by atoms with E-state index in [1.165, 1.54) is 0 Å². The zero-order valence-corrected chi connectivity index (χ0v) is 11.7. The third kappa shape index (κ3) is 2.86. The molecule has 1 atom stereocenters. The van der Waals surface area contributed by atoms with Crippen molar-refractivity contribution in [1.82, 2.24) is 9.78 Å². The van der Waals surface area contributed by atoms with Crippen molar-refractivity contribution in [3.8, 4) is 5.69 Å². The molecule has 0 radical (unpaired) electrons. The summed E-state index contributed by atoms with van der Waals surface area (Å²) >= 11 is 0. The van der Waals surface area contributed by atoms with Gasteiger partial charge in [0.2, 0.25) is 0 Å². The summed E-state index contributed by atoms with van der Waals surface area (Å²) in [5, 5.41) is 4.18. The molecule has 3 aromatic rings. The molecule has 0 fully saturated rings. The summed E-state index contributed by atoms with van der Waals surface area (Å²) in [5.74, 6) is 0.531. The zero-order valence-electron chi connectivity index (χ0n) is 10.8. The fourth-order valence-corrected chi connectivity index (χ4v) is 3.10. The Labute approximate surface area is 120 Å². The van der Waals surface area contributed by atoms with E-state index in [1.807, 2.05) is 66.9 Å². The number of nitrogens with zero attached hydrogens (tertiary/aromatic N) is 2. The third-order valence-corrected chi connectivity index (χ3v) is 4.40. The summed E-state index contributed by atoms with van der Waals surface area (Å²) in [5.41, 5.74) is 2.06. The van der Waals surface area contributed by atoms with Gasteiger partial charge in [-0.1, -0.05) is 30.3 Å². The van der Waals surface area contributed by atoms with E-state index in [0.29, 0.717) is 5.75 Å². The minimum absolute atomic E-state index is 0.531. The first-order chi connectivity index (χ1) is 9.83. The fourth-order valence-electron chi connectivity index (χ4n) is 1.97. The molecule has 20 heavy (non-hydrogen) atoms. The molecule has 0 saturated carbocycles. The second-order valence-electron chi connectivity index (χ2n) is 4.42. The van der Waals surface area contributed by atoms with Crippen LogP contribution >= 0.6 is 0 Å². The topological polar surface area (TPSA) is 34.9 Å². The van der Waals surface area contributed by atoms with Crippen LogP contribution in [0.5, 0.6) is 0 Å². The highest BCUT2D eigenvalue weighted by Gasteiger charge is 2.05. The van der Waals surface area contributed by atoms with E-state index in [2.05, 4.69) is 5.10 Å². The molecule has 0 N–H and O–H groups in total. The van der Waals surface area contributed by atoms with E-state index in [9.17, 15) is 4.21 Å². The Bertz CT molecular complexity index is 691. The zero-order chi connectivity index (χ0) is 13.8. The van der Waals surface area contributed by atoms with Gasteiger partial charge in [0.05, 0.1) is 22.2 Å². The Morgan fingerprint density at radius 1 is 0.950 bits per heavy atom. The largest absolute Gasteiger partial charge is 0.254 e. The molecule has 2 aromatic carbocycles. The molecule has 3 nitrogen and oxygen atoms in total. The first-order valence-corrected chi connectivity index (χ1v) is 7.67. The van der Waals surface area contributed by atoms with Gasteiger partial charge >= 0.3 is 0 Å². The van der Waals surface area contributed by atoms with Crippen LogP contribution in [0, 0.1) is 0 Å². The smallest absolute Gasteiger partial charge is 0.0645 e. The maximum absolute atomic E-state index is 12.2. The molecule has 0 aliphatic rings. The van der Waals surface area contributed by atoms with Gasteiger partial charge in [-0.2, -0.15) is 5.10 Å². The van der Waals surface area contributed by atoms with E-state index in [4.69, 9.17) is 0 Å². The summed E-state index contributed by atoms with van der Waals surface area (Å²) in [7, 11) is -1.00. The molecule has 0 spiro atoms.